The molecule has 0 radical (unpaired) electrons. The number of aryl methyl sites for hydroxylation is 1. The van der Waals surface area contributed by atoms with Gasteiger partial charge in [0, 0.05) is 17.1 Å². The van der Waals surface area contributed by atoms with Gasteiger partial charge in [-0.3, -0.25) is 14.5 Å². The van der Waals surface area contributed by atoms with E-state index in [0.717, 1.165) is 18.4 Å². The van der Waals surface area contributed by atoms with Crippen molar-refractivity contribution in [2.45, 2.75) is 32.7 Å². The molecule has 0 bridgehead atoms. The number of carbonyl (C=O) groups is 2. The van der Waals surface area contributed by atoms with Gasteiger partial charge in [-0.05, 0) is 31.0 Å². The van der Waals surface area contributed by atoms with Gasteiger partial charge in [-0.1, -0.05) is 55.3 Å². The largest absolute Gasteiger partial charge is 0.507 e. The second-order valence-electron chi connectivity index (χ2n) is 7.62. The van der Waals surface area contributed by atoms with Gasteiger partial charge in [0.1, 0.15) is 11.5 Å². The molecule has 164 valence electrons. The molecule has 2 aromatic carbocycles. The molecule has 4 rings (SSSR count). The van der Waals surface area contributed by atoms with Gasteiger partial charge in [0.15, 0.2) is 5.13 Å². The summed E-state index contributed by atoms with van der Waals surface area (Å²) in [6.07, 6.45) is 3.52. The SMILES string of the molecule is CCCCOc1cccc(C2/C(=C(\O)c3ccc(C)cc3)C(=O)C(=O)N2c2nccs2)c1. The number of nitrogens with zero attached hydrogens (tertiary/aromatic N) is 2. The van der Waals surface area contributed by atoms with Gasteiger partial charge in [0.25, 0.3) is 5.78 Å². The summed E-state index contributed by atoms with van der Waals surface area (Å²) < 4.78 is 5.84. The Bertz CT molecular complexity index is 1150. The number of aliphatic hydroxyl groups is 1. The predicted molar refractivity (Wildman–Crippen MR) is 125 cm³/mol. The number of ether oxygens (including phenoxy) is 1. The summed E-state index contributed by atoms with van der Waals surface area (Å²) in [5, 5.41) is 13.3. The lowest BCUT2D eigenvalue weighted by Crippen LogP contribution is -2.29. The van der Waals surface area contributed by atoms with Crippen LogP contribution < -0.4 is 9.64 Å². The Labute approximate surface area is 190 Å². The third-order valence-electron chi connectivity index (χ3n) is 5.34. The number of rotatable bonds is 7. The molecule has 0 saturated carbocycles. The molecule has 1 fully saturated rings. The van der Waals surface area contributed by atoms with Crippen LogP contribution in [0.3, 0.4) is 0 Å². The number of aromatic nitrogens is 1. The number of ketones is 1. The third kappa shape index (κ3) is 4.16. The highest BCUT2D eigenvalue weighted by atomic mass is 32.1. The van der Waals surface area contributed by atoms with Crippen molar-refractivity contribution in [3.05, 3.63) is 82.4 Å². The molecule has 1 saturated heterocycles. The van der Waals surface area contributed by atoms with E-state index in [1.807, 2.05) is 43.3 Å². The van der Waals surface area contributed by atoms with Crippen LogP contribution in [-0.2, 0) is 9.59 Å². The van der Waals surface area contributed by atoms with E-state index >= 15 is 0 Å². The number of unbranched alkanes of at least 4 members (excludes halogenated alkanes) is 1. The average molecular weight is 449 g/mol. The second kappa shape index (κ2) is 9.36. The summed E-state index contributed by atoms with van der Waals surface area (Å²) in [4.78, 5) is 31.8. The molecule has 1 amide bonds. The van der Waals surface area contributed by atoms with Crippen molar-refractivity contribution in [1.82, 2.24) is 4.98 Å². The van der Waals surface area contributed by atoms with Gasteiger partial charge in [0.05, 0.1) is 18.2 Å². The molecule has 1 aromatic heterocycles. The van der Waals surface area contributed by atoms with Gasteiger partial charge in [-0.25, -0.2) is 4.98 Å². The van der Waals surface area contributed by atoms with Gasteiger partial charge >= 0.3 is 5.91 Å². The fraction of sp³-hybridized carbons (Fsp3) is 0.240. The van der Waals surface area contributed by atoms with Crippen molar-refractivity contribution in [3.8, 4) is 5.75 Å². The quantitative estimate of drug-likeness (QED) is 0.231. The highest BCUT2D eigenvalue weighted by Gasteiger charge is 2.48. The van der Waals surface area contributed by atoms with E-state index in [-0.39, 0.29) is 11.3 Å². The lowest BCUT2D eigenvalue weighted by Gasteiger charge is -2.23. The molecule has 7 heteroatoms. The summed E-state index contributed by atoms with van der Waals surface area (Å²) in [7, 11) is 0. The number of thiazole rings is 1. The van der Waals surface area contributed by atoms with E-state index in [9.17, 15) is 14.7 Å². The van der Waals surface area contributed by atoms with Crippen LogP contribution in [0.25, 0.3) is 5.76 Å². The number of carbonyl (C=O) groups excluding carboxylic acids is 2. The Morgan fingerprint density at radius 1 is 1.19 bits per heavy atom. The van der Waals surface area contributed by atoms with E-state index in [0.29, 0.717) is 28.6 Å². The predicted octanol–water partition coefficient (Wildman–Crippen LogP) is 5.26. The fourth-order valence-corrected chi connectivity index (χ4v) is 4.32. The molecule has 6 nitrogen and oxygen atoms in total. The van der Waals surface area contributed by atoms with Crippen molar-refractivity contribution < 1.29 is 19.4 Å². The summed E-state index contributed by atoms with van der Waals surface area (Å²) >= 11 is 1.26. The molecular formula is C25H24N2O4S. The van der Waals surface area contributed by atoms with E-state index < -0.39 is 17.7 Å². The first-order chi connectivity index (χ1) is 15.5. The van der Waals surface area contributed by atoms with Crippen LogP contribution in [0, 0.1) is 6.92 Å². The number of Topliss-reactive ketones (excluding diaryl/α,β-unsaturated/α-hetero) is 1. The van der Waals surface area contributed by atoms with Crippen molar-refractivity contribution in [2.24, 2.45) is 0 Å². The number of amides is 1. The highest BCUT2D eigenvalue weighted by molar-refractivity contribution is 7.14. The molecule has 1 atom stereocenters. The number of hydrogen-bond donors (Lipinski definition) is 1. The first kappa shape index (κ1) is 21.8. The summed E-state index contributed by atoms with van der Waals surface area (Å²) in [6.45, 7) is 4.61. The minimum Gasteiger partial charge on any atom is -0.507 e. The lowest BCUT2D eigenvalue weighted by atomic mass is 9.95. The molecule has 1 aliphatic rings. The minimum atomic E-state index is -0.808. The maximum Gasteiger partial charge on any atom is 0.301 e. The summed E-state index contributed by atoms with van der Waals surface area (Å²) in [5.74, 6) is -1.00. The van der Waals surface area contributed by atoms with Crippen molar-refractivity contribution in [1.29, 1.82) is 0 Å². The molecule has 3 aromatic rings. The van der Waals surface area contributed by atoms with Gasteiger partial charge < -0.3 is 9.84 Å². The van der Waals surface area contributed by atoms with Crippen LogP contribution in [0.1, 0.15) is 42.5 Å². The molecule has 1 aliphatic heterocycles. The molecule has 2 heterocycles. The van der Waals surface area contributed by atoms with E-state index in [1.54, 1.807) is 23.7 Å². The van der Waals surface area contributed by atoms with Gasteiger partial charge in [-0.2, -0.15) is 0 Å². The Balaban J connectivity index is 1.84. The Hall–Kier alpha value is -3.45. The fourth-order valence-electron chi connectivity index (χ4n) is 3.66. The Morgan fingerprint density at radius 3 is 2.66 bits per heavy atom. The van der Waals surface area contributed by atoms with Gasteiger partial charge in [-0.15, -0.1) is 11.3 Å². The zero-order valence-electron chi connectivity index (χ0n) is 17.9. The summed E-state index contributed by atoms with van der Waals surface area (Å²) in [5.41, 5.74) is 2.22. The first-order valence-corrected chi connectivity index (χ1v) is 11.4. The van der Waals surface area contributed by atoms with Crippen LogP contribution in [-0.4, -0.2) is 28.4 Å². The normalized spacial score (nSPS) is 17.7. The monoisotopic (exact) mass is 448 g/mol. The number of hydrogen-bond acceptors (Lipinski definition) is 6. The smallest absolute Gasteiger partial charge is 0.301 e. The van der Waals surface area contributed by atoms with Crippen LogP contribution in [0.2, 0.25) is 0 Å². The van der Waals surface area contributed by atoms with E-state index in [2.05, 4.69) is 11.9 Å². The zero-order valence-corrected chi connectivity index (χ0v) is 18.8. The number of anilines is 1. The molecule has 1 N–H and O–H groups in total. The zero-order chi connectivity index (χ0) is 22.7. The van der Waals surface area contributed by atoms with Crippen molar-refractivity contribution in [3.63, 3.8) is 0 Å². The first-order valence-electron chi connectivity index (χ1n) is 10.5. The second-order valence-corrected chi connectivity index (χ2v) is 8.50. The molecule has 0 aliphatic carbocycles. The van der Waals surface area contributed by atoms with E-state index in [4.69, 9.17) is 4.74 Å². The van der Waals surface area contributed by atoms with Crippen molar-refractivity contribution in [2.75, 3.05) is 11.5 Å². The third-order valence-corrected chi connectivity index (χ3v) is 6.11. The Kier molecular flexibility index (Phi) is 6.37. The maximum absolute atomic E-state index is 13.1. The van der Waals surface area contributed by atoms with Crippen molar-refractivity contribution >= 4 is 33.9 Å². The number of aliphatic hydroxyl groups excluding tert-OH is 1. The topological polar surface area (TPSA) is 79.7 Å². The molecule has 32 heavy (non-hydrogen) atoms. The highest BCUT2D eigenvalue weighted by Crippen LogP contribution is 2.43. The van der Waals surface area contributed by atoms with Crippen LogP contribution >= 0.6 is 11.3 Å². The van der Waals surface area contributed by atoms with Crippen LogP contribution in [0.15, 0.2) is 65.7 Å². The Morgan fingerprint density at radius 2 is 1.97 bits per heavy atom. The lowest BCUT2D eigenvalue weighted by molar-refractivity contribution is -0.132. The molecule has 0 spiro atoms. The molecular weight excluding hydrogens is 424 g/mol. The average Bonchev–Trinajstić information content (AvgIpc) is 3.41. The van der Waals surface area contributed by atoms with Crippen LogP contribution in [0.5, 0.6) is 5.75 Å². The number of benzene rings is 2. The minimum absolute atomic E-state index is 0.0414. The van der Waals surface area contributed by atoms with E-state index in [1.165, 1.54) is 16.2 Å². The van der Waals surface area contributed by atoms with Gasteiger partial charge in [0.2, 0.25) is 0 Å². The standard InChI is InChI=1S/C25H24N2O4S/c1-3-4-13-31-19-7-5-6-18(15-19)21-20(22(28)17-10-8-16(2)9-11-17)23(29)24(30)27(21)25-26-12-14-32-25/h5-12,14-15,21,28H,3-4,13H2,1-2H3/b22-20+. The summed E-state index contributed by atoms with van der Waals surface area (Å²) in [6, 6.07) is 13.7. The molecule has 1 unspecified atom stereocenters. The van der Waals surface area contributed by atoms with Crippen LogP contribution in [0.4, 0.5) is 5.13 Å². The maximum atomic E-state index is 13.1.